The molecule has 122 valence electrons. The van der Waals surface area contributed by atoms with Crippen LogP contribution in [0.25, 0.3) is 0 Å². The lowest BCUT2D eigenvalue weighted by molar-refractivity contribution is -0.139. The Balaban J connectivity index is 1.48. The van der Waals surface area contributed by atoms with Crippen molar-refractivity contribution in [3.63, 3.8) is 0 Å². The second-order valence-corrected chi connectivity index (χ2v) is 6.60. The van der Waals surface area contributed by atoms with Crippen molar-refractivity contribution in [2.45, 2.75) is 51.9 Å². The minimum atomic E-state index is -0.314. The van der Waals surface area contributed by atoms with Crippen LogP contribution < -0.4 is 5.32 Å². The average Bonchev–Trinajstić information content (AvgIpc) is 3.11. The number of rotatable bonds is 9. The molecule has 2 rings (SSSR count). The van der Waals surface area contributed by atoms with Gasteiger partial charge in [-0.1, -0.05) is 25.2 Å². The topological polar surface area (TPSA) is 55.4 Å². The van der Waals surface area contributed by atoms with Gasteiger partial charge in [-0.15, -0.1) is 0 Å². The summed E-state index contributed by atoms with van der Waals surface area (Å²) in [5.41, 5.74) is 0.249. The van der Waals surface area contributed by atoms with E-state index in [4.69, 9.17) is 4.74 Å². The predicted molar refractivity (Wildman–Crippen MR) is 86.2 cm³/mol. The van der Waals surface area contributed by atoms with E-state index in [0.717, 1.165) is 51.5 Å². The fourth-order valence-electron chi connectivity index (χ4n) is 3.28. The lowest BCUT2D eigenvalue weighted by Gasteiger charge is -2.22. The van der Waals surface area contributed by atoms with Gasteiger partial charge in [-0.2, -0.15) is 0 Å². The van der Waals surface area contributed by atoms with Gasteiger partial charge in [0.25, 0.3) is 0 Å². The quantitative estimate of drug-likeness (QED) is 0.308. The number of amides is 1. The van der Waals surface area contributed by atoms with Crippen LogP contribution >= 0.6 is 0 Å². The highest BCUT2D eigenvalue weighted by Crippen LogP contribution is 2.49. The maximum absolute atomic E-state index is 12.3. The van der Waals surface area contributed by atoms with Gasteiger partial charge in [0.2, 0.25) is 5.91 Å². The van der Waals surface area contributed by atoms with E-state index in [1.54, 1.807) is 6.92 Å². The molecule has 4 heteroatoms. The molecule has 1 N–H and O–H groups in total. The number of allylic oxidation sites excluding steroid dienone is 1. The predicted octanol–water partition coefficient (Wildman–Crippen LogP) is 3.14. The van der Waals surface area contributed by atoms with Gasteiger partial charge >= 0.3 is 5.97 Å². The summed E-state index contributed by atoms with van der Waals surface area (Å²) in [7, 11) is 0. The summed E-state index contributed by atoms with van der Waals surface area (Å²) in [6.07, 6.45) is 11.4. The molecular formula is C18H27NO3. The lowest BCUT2D eigenvalue weighted by atomic mass is 9.87. The smallest absolute Gasteiger partial charge is 0.333 e. The van der Waals surface area contributed by atoms with Crippen molar-refractivity contribution in [1.82, 2.24) is 5.32 Å². The normalized spacial score (nSPS) is 25.2. The Hall–Kier alpha value is -1.58. The molecule has 0 saturated heterocycles. The number of hydrogen-bond donors (Lipinski definition) is 1. The Morgan fingerprint density at radius 1 is 1.32 bits per heavy atom. The minimum Gasteiger partial charge on any atom is -0.462 e. The first kappa shape index (κ1) is 16.8. The summed E-state index contributed by atoms with van der Waals surface area (Å²) < 4.78 is 5.03. The molecule has 0 spiro atoms. The molecule has 4 nitrogen and oxygen atoms in total. The number of unbranched alkanes of at least 4 members (excludes halogenated alkanes) is 3. The summed E-state index contributed by atoms with van der Waals surface area (Å²) in [5, 5.41) is 3.08. The van der Waals surface area contributed by atoms with Gasteiger partial charge < -0.3 is 10.1 Å². The SMILES string of the molecule is C=C(C)C(=O)OCCCCCCNC(=O)C12C=CC(CC1)C2. The Morgan fingerprint density at radius 2 is 2.09 bits per heavy atom. The van der Waals surface area contributed by atoms with Gasteiger partial charge in [0, 0.05) is 12.1 Å². The summed E-state index contributed by atoms with van der Waals surface area (Å²) in [4.78, 5) is 23.4. The van der Waals surface area contributed by atoms with Crippen LogP contribution in [0.15, 0.2) is 24.3 Å². The van der Waals surface area contributed by atoms with Crippen LogP contribution in [0.1, 0.15) is 51.9 Å². The Labute approximate surface area is 133 Å². The second-order valence-electron chi connectivity index (χ2n) is 6.60. The standard InChI is InChI=1S/C18H27NO3/c1-14(2)16(20)22-12-6-4-3-5-11-19-17(21)18-9-7-15(13-18)8-10-18/h7,9,15H,1,3-6,8,10-13H2,2H3,(H,19,21). The molecule has 22 heavy (non-hydrogen) atoms. The van der Waals surface area contributed by atoms with Crippen molar-refractivity contribution in [3.8, 4) is 0 Å². The van der Waals surface area contributed by atoms with E-state index in [9.17, 15) is 9.59 Å². The molecule has 1 saturated carbocycles. The molecule has 0 radical (unpaired) electrons. The summed E-state index contributed by atoms with van der Waals surface area (Å²) in [6.45, 7) is 6.38. The fraction of sp³-hybridized carbons (Fsp3) is 0.667. The second kappa shape index (κ2) is 7.61. The third kappa shape index (κ3) is 4.21. The van der Waals surface area contributed by atoms with Gasteiger partial charge in [-0.3, -0.25) is 4.79 Å². The molecule has 2 unspecified atom stereocenters. The van der Waals surface area contributed by atoms with E-state index in [2.05, 4.69) is 24.0 Å². The first-order valence-corrected chi connectivity index (χ1v) is 8.34. The molecule has 1 fully saturated rings. The zero-order valence-corrected chi connectivity index (χ0v) is 13.5. The fourth-order valence-corrected chi connectivity index (χ4v) is 3.28. The molecule has 2 bridgehead atoms. The van der Waals surface area contributed by atoms with Crippen LogP contribution in [0, 0.1) is 11.3 Å². The number of carbonyl (C=O) groups excluding carboxylic acids is 2. The van der Waals surface area contributed by atoms with Crippen molar-refractivity contribution >= 4 is 11.9 Å². The lowest BCUT2D eigenvalue weighted by Crippen LogP contribution is -2.37. The Morgan fingerprint density at radius 3 is 2.68 bits per heavy atom. The third-order valence-electron chi connectivity index (χ3n) is 4.67. The number of carbonyl (C=O) groups is 2. The summed E-state index contributed by atoms with van der Waals surface area (Å²) >= 11 is 0. The van der Waals surface area contributed by atoms with E-state index >= 15 is 0 Å². The van der Waals surface area contributed by atoms with Crippen molar-refractivity contribution in [3.05, 3.63) is 24.3 Å². The maximum Gasteiger partial charge on any atom is 0.333 e. The molecule has 0 aromatic carbocycles. The molecule has 2 aliphatic carbocycles. The van der Waals surface area contributed by atoms with Crippen LogP contribution in [-0.2, 0) is 14.3 Å². The molecule has 0 heterocycles. The number of ether oxygens (including phenoxy) is 1. The summed E-state index contributed by atoms with van der Waals surface area (Å²) in [6, 6.07) is 0. The van der Waals surface area contributed by atoms with Crippen molar-refractivity contribution in [1.29, 1.82) is 0 Å². The molecule has 1 amide bonds. The zero-order chi connectivity index (χ0) is 16.0. The van der Waals surface area contributed by atoms with Gasteiger partial charge in [0.15, 0.2) is 0 Å². The largest absolute Gasteiger partial charge is 0.462 e. The van der Waals surface area contributed by atoms with E-state index in [-0.39, 0.29) is 17.3 Å². The number of hydrogen-bond acceptors (Lipinski definition) is 3. The highest BCUT2D eigenvalue weighted by Gasteiger charge is 2.46. The van der Waals surface area contributed by atoms with E-state index in [0.29, 0.717) is 18.1 Å². The van der Waals surface area contributed by atoms with Crippen LogP contribution in [0.2, 0.25) is 0 Å². The monoisotopic (exact) mass is 305 g/mol. The minimum absolute atomic E-state index is 0.193. The van der Waals surface area contributed by atoms with Gasteiger partial charge in [0.05, 0.1) is 12.0 Å². The molecular weight excluding hydrogens is 278 g/mol. The average molecular weight is 305 g/mol. The first-order valence-electron chi connectivity index (χ1n) is 8.34. The molecule has 0 aromatic rings. The van der Waals surface area contributed by atoms with Gasteiger partial charge in [-0.25, -0.2) is 4.79 Å². The van der Waals surface area contributed by atoms with Crippen LogP contribution in [0.5, 0.6) is 0 Å². The van der Waals surface area contributed by atoms with Crippen molar-refractivity contribution in [2.75, 3.05) is 13.2 Å². The first-order chi connectivity index (χ1) is 10.5. The van der Waals surface area contributed by atoms with Gasteiger partial charge in [-0.05, 0) is 51.4 Å². The van der Waals surface area contributed by atoms with E-state index < -0.39 is 0 Å². The maximum atomic E-state index is 12.3. The number of nitrogens with one attached hydrogen (secondary N) is 1. The van der Waals surface area contributed by atoms with Gasteiger partial charge in [0.1, 0.15) is 0 Å². The molecule has 0 aromatic heterocycles. The van der Waals surface area contributed by atoms with E-state index in [1.165, 1.54) is 0 Å². The molecule has 0 aliphatic heterocycles. The number of esters is 1. The Kier molecular flexibility index (Phi) is 5.81. The number of fused-ring (bicyclic) bond motifs is 2. The van der Waals surface area contributed by atoms with Crippen LogP contribution in [0.3, 0.4) is 0 Å². The highest BCUT2D eigenvalue weighted by atomic mass is 16.5. The van der Waals surface area contributed by atoms with Crippen LogP contribution in [0.4, 0.5) is 0 Å². The zero-order valence-electron chi connectivity index (χ0n) is 13.5. The van der Waals surface area contributed by atoms with Crippen molar-refractivity contribution in [2.24, 2.45) is 11.3 Å². The molecule has 2 aliphatic rings. The third-order valence-corrected chi connectivity index (χ3v) is 4.67. The Bertz CT molecular complexity index is 469. The van der Waals surface area contributed by atoms with E-state index in [1.807, 2.05) is 0 Å². The summed E-state index contributed by atoms with van der Waals surface area (Å²) in [5.74, 6) is 0.526. The molecule has 2 atom stereocenters. The highest BCUT2D eigenvalue weighted by molar-refractivity contribution is 5.87. The van der Waals surface area contributed by atoms with Crippen LogP contribution in [-0.4, -0.2) is 25.0 Å². The van der Waals surface area contributed by atoms with Crippen molar-refractivity contribution < 1.29 is 14.3 Å².